The molecule has 204 valence electrons. The van der Waals surface area contributed by atoms with Gasteiger partial charge in [-0.2, -0.15) is 0 Å². The number of aliphatic hydroxyl groups is 1. The van der Waals surface area contributed by atoms with Crippen molar-refractivity contribution in [3.63, 3.8) is 0 Å². The van der Waals surface area contributed by atoms with Gasteiger partial charge in [0.2, 0.25) is 0 Å². The maximum absolute atomic E-state index is 12.0. The molecule has 0 amide bonds. The van der Waals surface area contributed by atoms with E-state index in [-0.39, 0.29) is 13.2 Å². The fourth-order valence-corrected chi connectivity index (χ4v) is 4.40. The van der Waals surface area contributed by atoms with Crippen molar-refractivity contribution in [1.29, 1.82) is 0 Å². The van der Waals surface area contributed by atoms with Crippen molar-refractivity contribution < 1.29 is 32.8 Å². The van der Waals surface area contributed by atoms with Crippen LogP contribution in [0, 0.1) is 0 Å². The number of quaternary nitrogens is 1. The molecule has 0 aliphatic rings. The zero-order valence-corrected chi connectivity index (χ0v) is 23.5. The minimum absolute atomic E-state index is 0.00498. The topological polar surface area (TPSA) is 85.2 Å². The predicted octanol–water partition coefficient (Wildman–Crippen LogP) is 6.59. The summed E-state index contributed by atoms with van der Waals surface area (Å²) in [5.41, 5.74) is 0. The maximum Gasteiger partial charge on any atom is 0.472 e. The third-order valence-electron chi connectivity index (χ3n) is 5.70. The van der Waals surface area contributed by atoms with Crippen LogP contribution in [0.3, 0.4) is 0 Å². The highest BCUT2D eigenvalue weighted by Gasteiger charge is 2.27. The first-order chi connectivity index (χ1) is 16.2. The number of unbranched alkanes of at least 4 members (excludes halogenated alkanes) is 14. The number of ether oxygens (including phenoxy) is 1. The van der Waals surface area contributed by atoms with E-state index in [1.165, 1.54) is 83.5 Å². The van der Waals surface area contributed by atoms with E-state index < -0.39 is 20.5 Å². The number of allylic oxidation sites excluding steroid dienone is 1. The van der Waals surface area contributed by atoms with E-state index in [4.69, 9.17) is 13.8 Å². The van der Waals surface area contributed by atoms with Crippen LogP contribution in [0.1, 0.15) is 103 Å². The van der Waals surface area contributed by atoms with Crippen molar-refractivity contribution in [2.75, 3.05) is 47.5 Å². The molecule has 1 unspecified atom stereocenters. The summed E-state index contributed by atoms with van der Waals surface area (Å²) < 4.78 is 27.9. The normalized spacial score (nSPS) is 15.0. The van der Waals surface area contributed by atoms with Crippen LogP contribution < -0.4 is 0 Å². The summed E-state index contributed by atoms with van der Waals surface area (Å²) in [7, 11) is 1.66. The van der Waals surface area contributed by atoms with Gasteiger partial charge in [0.25, 0.3) is 0 Å². The van der Waals surface area contributed by atoms with Crippen LogP contribution in [0.25, 0.3) is 0 Å². The van der Waals surface area contributed by atoms with E-state index in [1.807, 2.05) is 27.2 Å². The van der Waals surface area contributed by atoms with Crippen molar-refractivity contribution in [2.45, 2.75) is 109 Å². The molecule has 0 aliphatic carbocycles. The zero-order chi connectivity index (χ0) is 25.5. The van der Waals surface area contributed by atoms with E-state index >= 15 is 0 Å². The minimum atomic E-state index is -4.22. The molecule has 0 rings (SSSR count). The molecular formula is C26H55NO6P+. The summed E-state index contributed by atoms with van der Waals surface area (Å²) in [5.74, 6) is 0. The summed E-state index contributed by atoms with van der Waals surface area (Å²) in [5, 5.41) is 9.37. The Morgan fingerprint density at radius 1 is 0.853 bits per heavy atom. The number of hydrogen-bond acceptors (Lipinski definition) is 5. The third-order valence-corrected chi connectivity index (χ3v) is 6.77. The third kappa shape index (κ3) is 24.7. The Hall–Kier alpha value is -0.430. The Balaban J connectivity index is 3.60. The molecule has 0 aromatic carbocycles. The lowest BCUT2D eigenvalue weighted by Gasteiger charge is -2.24. The highest BCUT2D eigenvalue weighted by molar-refractivity contribution is 7.47. The van der Waals surface area contributed by atoms with Gasteiger partial charge in [-0.1, -0.05) is 90.4 Å². The molecule has 2 N–H and O–H groups in total. The smallest absolute Gasteiger partial charge is 0.472 e. The van der Waals surface area contributed by atoms with Gasteiger partial charge < -0.3 is 19.2 Å². The van der Waals surface area contributed by atoms with Crippen LogP contribution in [0.5, 0.6) is 0 Å². The van der Waals surface area contributed by atoms with Crippen LogP contribution in [-0.2, 0) is 18.3 Å². The molecule has 0 aliphatic heterocycles. The fourth-order valence-electron chi connectivity index (χ4n) is 3.52. The van der Waals surface area contributed by atoms with E-state index in [0.29, 0.717) is 11.0 Å². The van der Waals surface area contributed by atoms with E-state index in [9.17, 15) is 14.6 Å². The molecular weight excluding hydrogens is 453 g/mol. The van der Waals surface area contributed by atoms with Crippen LogP contribution in [0.2, 0.25) is 0 Å². The molecule has 0 aromatic heterocycles. The van der Waals surface area contributed by atoms with E-state index in [1.54, 1.807) is 6.26 Å². The minimum Gasteiger partial charge on any atom is -0.499 e. The van der Waals surface area contributed by atoms with Crippen molar-refractivity contribution in [3.8, 4) is 0 Å². The monoisotopic (exact) mass is 508 g/mol. The molecule has 2 atom stereocenters. The number of likely N-dealkylation sites (N-methyl/N-ethyl adjacent to an activating group) is 1. The zero-order valence-electron chi connectivity index (χ0n) is 22.6. The molecule has 0 bridgehead atoms. The summed E-state index contributed by atoms with van der Waals surface area (Å²) in [6, 6.07) is 0. The molecule has 0 fully saturated rings. The largest absolute Gasteiger partial charge is 0.499 e. The van der Waals surface area contributed by atoms with Gasteiger partial charge in [-0.15, -0.1) is 0 Å². The Kier molecular flexibility index (Phi) is 21.5. The number of rotatable bonds is 25. The number of aliphatic hydroxyl groups excluding tert-OH is 1. The van der Waals surface area contributed by atoms with Crippen LogP contribution in [0.4, 0.5) is 0 Å². The van der Waals surface area contributed by atoms with Gasteiger partial charge >= 0.3 is 7.82 Å². The van der Waals surface area contributed by atoms with Gasteiger partial charge in [-0.3, -0.25) is 9.05 Å². The van der Waals surface area contributed by atoms with Gasteiger partial charge in [0.05, 0.1) is 34.0 Å². The van der Waals surface area contributed by atoms with Crippen molar-refractivity contribution >= 4 is 7.82 Å². The molecule has 0 aromatic rings. The first-order valence-electron chi connectivity index (χ1n) is 13.5. The first-order valence-corrected chi connectivity index (χ1v) is 15.0. The lowest BCUT2D eigenvalue weighted by molar-refractivity contribution is -0.870. The van der Waals surface area contributed by atoms with E-state index in [2.05, 4.69) is 6.92 Å². The second kappa shape index (κ2) is 21.8. The molecule has 34 heavy (non-hydrogen) atoms. The quantitative estimate of drug-likeness (QED) is 0.0626. The summed E-state index contributed by atoms with van der Waals surface area (Å²) in [4.78, 5) is 9.78. The molecule has 8 heteroatoms. The SMILES string of the molecule is CCCCCCCCCCCCCCCCC=COC[C@H](CO)OP(=O)(O)OCC[N+](C)(C)C. The number of nitrogens with zero attached hydrogens (tertiary/aromatic N) is 1. The van der Waals surface area contributed by atoms with Crippen molar-refractivity contribution in [1.82, 2.24) is 0 Å². The highest BCUT2D eigenvalue weighted by atomic mass is 31.2. The van der Waals surface area contributed by atoms with Gasteiger partial charge in [0, 0.05) is 0 Å². The molecule has 0 saturated carbocycles. The number of phosphoric acid groups is 1. The molecule has 0 saturated heterocycles. The van der Waals surface area contributed by atoms with Gasteiger partial charge in [-0.05, 0) is 18.9 Å². The number of phosphoric ester groups is 1. The molecule has 0 heterocycles. The summed E-state index contributed by atoms with van der Waals surface area (Å²) >= 11 is 0. The highest BCUT2D eigenvalue weighted by Crippen LogP contribution is 2.44. The van der Waals surface area contributed by atoms with E-state index in [0.717, 1.165) is 12.8 Å². The van der Waals surface area contributed by atoms with Crippen LogP contribution in [0.15, 0.2) is 12.3 Å². The van der Waals surface area contributed by atoms with Crippen LogP contribution >= 0.6 is 7.82 Å². The van der Waals surface area contributed by atoms with Crippen molar-refractivity contribution in [2.24, 2.45) is 0 Å². The van der Waals surface area contributed by atoms with Gasteiger partial charge in [0.15, 0.2) is 0 Å². The average molecular weight is 509 g/mol. The predicted molar refractivity (Wildman–Crippen MR) is 141 cm³/mol. The lowest BCUT2D eigenvalue weighted by Crippen LogP contribution is -2.37. The van der Waals surface area contributed by atoms with Crippen molar-refractivity contribution in [3.05, 3.63) is 12.3 Å². The van der Waals surface area contributed by atoms with Gasteiger partial charge in [-0.25, -0.2) is 4.57 Å². The standard InChI is InChI=1S/C26H54NO6P/c1-5-6-7-8-9-10-11-12-13-14-15-16-17-18-19-20-22-31-25-26(24-28)33-34(29,30)32-23-21-27(2,3)4/h20,22,26,28H,5-19,21,23-25H2,1-4H3/p+1/t26-/m0/s1. The Morgan fingerprint density at radius 2 is 1.35 bits per heavy atom. The maximum atomic E-state index is 12.0. The summed E-state index contributed by atoms with van der Waals surface area (Å²) in [6.45, 7) is 2.50. The van der Waals surface area contributed by atoms with Crippen LogP contribution in [-0.4, -0.2) is 68.1 Å². The second-order valence-corrected chi connectivity index (χ2v) is 11.7. The fraction of sp³-hybridized carbons (Fsp3) is 0.923. The summed E-state index contributed by atoms with van der Waals surface area (Å²) in [6.07, 6.45) is 22.4. The Labute approximate surface area is 210 Å². The molecule has 0 spiro atoms. The lowest BCUT2D eigenvalue weighted by atomic mass is 10.0. The Bertz CT molecular complexity index is 524. The Morgan fingerprint density at radius 3 is 1.82 bits per heavy atom. The molecule has 0 radical (unpaired) electrons. The van der Waals surface area contributed by atoms with Gasteiger partial charge in [0.1, 0.15) is 25.9 Å². The first kappa shape index (κ1) is 33.6. The second-order valence-electron chi connectivity index (χ2n) is 10.3. The molecule has 7 nitrogen and oxygen atoms in total. The number of hydrogen-bond donors (Lipinski definition) is 2. The average Bonchev–Trinajstić information content (AvgIpc) is 2.76.